The second-order valence-corrected chi connectivity index (χ2v) is 4.48. The first kappa shape index (κ1) is 14.7. The number of halogens is 4. The smallest absolute Gasteiger partial charge is 0.420 e. The summed E-state index contributed by atoms with van der Waals surface area (Å²) in [4.78, 5) is 0. The number of aromatic hydroxyl groups is 1. The van der Waals surface area contributed by atoms with Gasteiger partial charge in [-0.3, -0.25) is 5.43 Å². The Kier molecular flexibility index (Phi) is 4.52. The maximum atomic E-state index is 12.6. The van der Waals surface area contributed by atoms with Crippen LogP contribution in [0.5, 0.6) is 5.75 Å². The SMILES string of the molecule is NC(=S)NN=Cc1cc(Br)cc(C(F)(F)F)c1O. The van der Waals surface area contributed by atoms with Gasteiger partial charge in [-0.05, 0) is 24.4 Å². The Morgan fingerprint density at radius 1 is 1.50 bits per heavy atom. The van der Waals surface area contributed by atoms with Gasteiger partial charge in [-0.25, -0.2) is 0 Å². The van der Waals surface area contributed by atoms with Crippen molar-refractivity contribution >= 4 is 39.5 Å². The number of nitrogens with zero attached hydrogens (tertiary/aromatic N) is 1. The molecule has 0 radical (unpaired) electrons. The van der Waals surface area contributed by atoms with Crippen LogP contribution in [0.2, 0.25) is 0 Å². The highest BCUT2D eigenvalue weighted by molar-refractivity contribution is 9.10. The number of benzene rings is 1. The normalized spacial score (nSPS) is 11.8. The average Bonchev–Trinajstić information content (AvgIpc) is 2.20. The average molecular weight is 342 g/mol. The second-order valence-electron chi connectivity index (χ2n) is 3.12. The van der Waals surface area contributed by atoms with E-state index in [0.29, 0.717) is 0 Å². The van der Waals surface area contributed by atoms with E-state index >= 15 is 0 Å². The van der Waals surface area contributed by atoms with Crippen LogP contribution in [0.1, 0.15) is 11.1 Å². The van der Waals surface area contributed by atoms with Gasteiger partial charge in [0.2, 0.25) is 0 Å². The molecule has 4 N–H and O–H groups in total. The lowest BCUT2D eigenvalue weighted by molar-refractivity contribution is -0.138. The molecule has 0 spiro atoms. The molecule has 1 rings (SSSR count). The van der Waals surface area contributed by atoms with Crippen LogP contribution >= 0.6 is 28.1 Å². The van der Waals surface area contributed by atoms with E-state index < -0.39 is 17.5 Å². The van der Waals surface area contributed by atoms with Gasteiger partial charge in [0, 0.05) is 10.0 Å². The third kappa shape index (κ3) is 3.84. The molecule has 0 atom stereocenters. The fourth-order valence-corrected chi connectivity index (χ4v) is 1.63. The van der Waals surface area contributed by atoms with Crippen LogP contribution in [0, 0.1) is 0 Å². The van der Waals surface area contributed by atoms with E-state index in [-0.39, 0.29) is 15.1 Å². The van der Waals surface area contributed by atoms with Crippen LogP contribution in [0.4, 0.5) is 13.2 Å². The number of thiocarbonyl (C=S) groups is 1. The van der Waals surface area contributed by atoms with Crippen LogP contribution in [-0.4, -0.2) is 16.4 Å². The second kappa shape index (κ2) is 5.53. The minimum absolute atomic E-state index is 0.125. The molecule has 18 heavy (non-hydrogen) atoms. The van der Waals surface area contributed by atoms with Gasteiger partial charge in [-0.1, -0.05) is 15.9 Å². The molecular formula is C9H7BrF3N3OS. The molecule has 4 nitrogen and oxygen atoms in total. The number of nitrogens with one attached hydrogen (secondary N) is 1. The molecule has 98 valence electrons. The first-order chi connectivity index (χ1) is 8.21. The van der Waals surface area contributed by atoms with Crippen molar-refractivity contribution in [1.82, 2.24) is 5.43 Å². The van der Waals surface area contributed by atoms with Crippen molar-refractivity contribution in [3.63, 3.8) is 0 Å². The number of hydrogen-bond donors (Lipinski definition) is 3. The molecule has 0 fully saturated rings. The van der Waals surface area contributed by atoms with Crippen LogP contribution < -0.4 is 11.2 Å². The maximum Gasteiger partial charge on any atom is 0.420 e. The van der Waals surface area contributed by atoms with Crippen LogP contribution in [-0.2, 0) is 6.18 Å². The number of hydrogen-bond acceptors (Lipinski definition) is 3. The van der Waals surface area contributed by atoms with Gasteiger partial charge in [-0.15, -0.1) is 0 Å². The summed E-state index contributed by atoms with van der Waals surface area (Å²) in [5.41, 5.74) is 5.97. The minimum Gasteiger partial charge on any atom is -0.507 e. The summed E-state index contributed by atoms with van der Waals surface area (Å²) in [5, 5.41) is 12.8. The zero-order valence-electron chi connectivity index (χ0n) is 8.62. The number of phenols is 1. The van der Waals surface area contributed by atoms with Gasteiger partial charge in [0.25, 0.3) is 0 Å². The Balaban J connectivity index is 3.17. The predicted molar refractivity (Wildman–Crippen MR) is 68.3 cm³/mol. The fraction of sp³-hybridized carbons (Fsp3) is 0.111. The van der Waals surface area contributed by atoms with Crippen molar-refractivity contribution in [3.05, 3.63) is 27.7 Å². The molecular weight excluding hydrogens is 335 g/mol. The van der Waals surface area contributed by atoms with E-state index in [4.69, 9.17) is 5.73 Å². The summed E-state index contributed by atoms with van der Waals surface area (Å²) < 4.78 is 37.9. The summed E-state index contributed by atoms with van der Waals surface area (Å²) in [7, 11) is 0. The zero-order valence-corrected chi connectivity index (χ0v) is 11.0. The minimum atomic E-state index is -4.66. The lowest BCUT2D eigenvalue weighted by atomic mass is 10.1. The molecule has 0 saturated heterocycles. The highest BCUT2D eigenvalue weighted by Crippen LogP contribution is 2.38. The summed E-state index contributed by atoms with van der Waals surface area (Å²) in [6, 6.07) is 2.04. The van der Waals surface area contributed by atoms with Crippen molar-refractivity contribution in [2.75, 3.05) is 0 Å². The molecule has 0 aliphatic heterocycles. The Morgan fingerprint density at radius 3 is 2.61 bits per heavy atom. The van der Waals surface area contributed by atoms with E-state index in [0.717, 1.165) is 12.3 Å². The van der Waals surface area contributed by atoms with E-state index in [1.165, 1.54) is 6.07 Å². The summed E-state index contributed by atoms with van der Waals surface area (Å²) >= 11 is 7.37. The molecule has 9 heteroatoms. The molecule has 0 aromatic heterocycles. The van der Waals surface area contributed by atoms with Crippen LogP contribution in [0.25, 0.3) is 0 Å². The van der Waals surface area contributed by atoms with Crippen molar-refractivity contribution in [2.24, 2.45) is 10.8 Å². The molecule has 0 aliphatic rings. The Morgan fingerprint density at radius 2 is 2.11 bits per heavy atom. The molecule has 0 saturated carbocycles. The Bertz CT molecular complexity index is 505. The third-order valence-corrected chi connectivity index (χ3v) is 2.34. The molecule has 1 aromatic rings. The molecule has 0 bridgehead atoms. The standard InChI is InChI=1S/C9H7BrF3N3OS/c10-5-1-4(3-15-16-8(14)18)7(17)6(2-5)9(11,12)13/h1-3,17H,(H3,14,16,18). The monoisotopic (exact) mass is 341 g/mol. The lowest BCUT2D eigenvalue weighted by Crippen LogP contribution is -2.24. The van der Waals surface area contributed by atoms with Gasteiger partial charge in [0.05, 0.1) is 11.8 Å². The fourth-order valence-electron chi connectivity index (χ4n) is 1.10. The van der Waals surface area contributed by atoms with Crippen molar-refractivity contribution < 1.29 is 18.3 Å². The molecule has 1 aromatic carbocycles. The number of alkyl halides is 3. The topological polar surface area (TPSA) is 70.6 Å². The highest BCUT2D eigenvalue weighted by Gasteiger charge is 2.35. The van der Waals surface area contributed by atoms with E-state index in [2.05, 4.69) is 38.7 Å². The largest absolute Gasteiger partial charge is 0.507 e. The summed E-state index contributed by atoms with van der Waals surface area (Å²) in [6.07, 6.45) is -3.68. The van der Waals surface area contributed by atoms with Crippen molar-refractivity contribution in [3.8, 4) is 5.75 Å². The maximum absolute atomic E-state index is 12.6. The van der Waals surface area contributed by atoms with Gasteiger partial charge in [0.1, 0.15) is 5.75 Å². The van der Waals surface area contributed by atoms with E-state index in [1.807, 2.05) is 0 Å². The molecule has 0 aliphatic carbocycles. The quantitative estimate of drug-likeness (QED) is 0.438. The Labute approximate surface area is 114 Å². The Hall–Kier alpha value is -1.35. The van der Waals surface area contributed by atoms with E-state index in [9.17, 15) is 18.3 Å². The van der Waals surface area contributed by atoms with Crippen LogP contribution in [0.15, 0.2) is 21.7 Å². The van der Waals surface area contributed by atoms with Gasteiger partial charge in [0.15, 0.2) is 5.11 Å². The van der Waals surface area contributed by atoms with Gasteiger partial charge < -0.3 is 10.8 Å². The number of nitrogens with two attached hydrogens (primary N) is 1. The van der Waals surface area contributed by atoms with Crippen molar-refractivity contribution in [1.29, 1.82) is 0 Å². The summed E-state index contributed by atoms with van der Waals surface area (Å²) in [5.74, 6) is -0.917. The number of hydrazone groups is 1. The number of rotatable bonds is 2. The molecule has 0 heterocycles. The number of phenolic OH excluding ortho intramolecular Hbond substituents is 1. The highest BCUT2D eigenvalue weighted by atomic mass is 79.9. The van der Waals surface area contributed by atoms with Gasteiger partial charge in [-0.2, -0.15) is 18.3 Å². The van der Waals surface area contributed by atoms with Crippen LogP contribution in [0.3, 0.4) is 0 Å². The lowest BCUT2D eigenvalue weighted by Gasteiger charge is -2.11. The first-order valence-electron chi connectivity index (χ1n) is 4.40. The zero-order chi connectivity index (χ0) is 13.9. The van der Waals surface area contributed by atoms with E-state index in [1.54, 1.807) is 0 Å². The third-order valence-electron chi connectivity index (χ3n) is 1.79. The first-order valence-corrected chi connectivity index (χ1v) is 5.60. The molecule has 0 amide bonds. The van der Waals surface area contributed by atoms with Crippen molar-refractivity contribution in [2.45, 2.75) is 6.18 Å². The predicted octanol–water partition coefficient (Wildman–Crippen LogP) is 2.34. The van der Waals surface area contributed by atoms with Gasteiger partial charge >= 0.3 is 6.18 Å². The summed E-state index contributed by atoms with van der Waals surface area (Å²) in [6.45, 7) is 0. The molecule has 0 unspecified atom stereocenters.